The molecule has 0 atom stereocenters. The summed E-state index contributed by atoms with van der Waals surface area (Å²) in [6.07, 6.45) is 0. The summed E-state index contributed by atoms with van der Waals surface area (Å²) in [5, 5.41) is 10.3. The molecule has 0 bridgehead atoms. The zero-order valence-electron chi connectivity index (χ0n) is 27.3. The molecule has 0 unspecified atom stereocenters. The number of anilines is 3. The second-order valence-electron chi connectivity index (χ2n) is 12.9. The van der Waals surface area contributed by atoms with Gasteiger partial charge in [0.15, 0.2) is 0 Å². The molecule has 0 aliphatic carbocycles. The van der Waals surface area contributed by atoms with E-state index in [-0.39, 0.29) is 0 Å². The van der Waals surface area contributed by atoms with Crippen molar-refractivity contribution in [2.75, 3.05) is 4.90 Å². The van der Waals surface area contributed by atoms with Gasteiger partial charge in [-0.25, -0.2) is 0 Å². The predicted octanol–water partition coefficient (Wildman–Crippen LogP) is 14.3. The molecule has 0 fully saturated rings. The fourth-order valence-electron chi connectivity index (χ4n) is 7.68. The highest BCUT2D eigenvalue weighted by atomic mass is 32.1. The zero-order valence-corrected chi connectivity index (χ0v) is 28.1. The van der Waals surface area contributed by atoms with Crippen molar-refractivity contribution in [3.05, 3.63) is 188 Å². The lowest BCUT2D eigenvalue weighted by Crippen LogP contribution is -2.10. The average molecular weight is 654 g/mol. The molecular formula is C48H31NS. The SMILES string of the molecule is c1ccc(-c2ccc(N(c3ccc4ccccc4c3)c3cc(-c4ccccc4)c4c(c3)sc3c5ccccc5c5ccccc5c34)cc2)cc1. The molecule has 0 amide bonds. The van der Waals surface area contributed by atoms with Crippen molar-refractivity contribution in [3.8, 4) is 22.3 Å². The molecule has 0 saturated heterocycles. The lowest BCUT2D eigenvalue weighted by molar-refractivity contribution is 1.30. The average Bonchev–Trinajstić information content (AvgIpc) is 3.59. The van der Waals surface area contributed by atoms with Gasteiger partial charge in [-0.1, -0.05) is 152 Å². The Hall–Kier alpha value is -6.22. The van der Waals surface area contributed by atoms with Crippen molar-refractivity contribution < 1.29 is 0 Å². The first-order valence-corrected chi connectivity index (χ1v) is 17.9. The van der Waals surface area contributed by atoms with Crippen molar-refractivity contribution in [1.82, 2.24) is 0 Å². The van der Waals surface area contributed by atoms with E-state index < -0.39 is 0 Å². The molecule has 1 nitrogen and oxygen atoms in total. The van der Waals surface area contributed by atoms with E-state index in [9.17, 15) is 0 Å². The molecule has 0 radical (unpaired) electrons. The topological polar surface area (TPSA) is 3.24 Å². The second kappa shape index (κ2) is 11.7. The van der Waals surface area contributed by atoms with Crippen molar-refractivity contribution in [3.63, 3.8) is 0 Å². The standard InChI is InChI=1S/C48H31NS/c1-3-13-32(14-4-1)34-23-26-37(27-24-34)49(38-28-25-33-15-7-8-18-36(33)29-38)39-30-44(35-16-5-2-6-17-35)46-45(31-39)50-48-43-22-12-10-20-41(43)40-19-9-11-21-42(40)47(46)48/h1-31H. The maximum atomic E-state index is 2.42. The van der Waals surface area contributed by atoms with Crippen LogP contribution in [0.5, 0.6) is 0 Å². The van der Waals surface area contributed by atoms with Crippen LogP contribution >= 0.6 is 11.3 Å². The number of thiophene rings is 1. The van der Waals surface area contributed by atoms with Gasteiger partial charge in [-0.05, 0) is 85.6 Å². The summed E-state index contributed by atoms with van der Waals surface area (Å²) in [6.45, 7) is 0. The van der Waals surface area contributed by atoms with Crippen LogP contribution in [0, 0.1) is 0 Å². The molecule has 2 heteroatoms. The number of hydrogen-bond acceptors (Lipinski definition) is 2. The van der Waals surface area contributed by atoms with Gasteiger partial charge in [-0.2, -0.15) is 0 Å². The first-order valence-electron chi connectivity index (χ1n) is 17.1. The Morgan fingerprint density at radius 3 is 1.64 bits per heavy atom. The summed E-state index contributed by atoms with van der Waals surface area (Å²) in [4.78, 5) is 2.42. The normalized spacial score (nSPS) is 11.6. The molecule has 1 aromatic heterocycles. The van der Waals surface area contributed by atoms with Gasteiger partial charge < -0.3 is 4.90 Å². The number of nitrogens with zero attached hydrogens (tertiary/aromatic N) is 1. The number of fused-ring (bicyclic) bond motifs is 9. The Bertz CT molecular complexity index is 2850. The lowest BCUT2D eigenvalue weighted by atomic mass is 9.93. The fourth-order valence-corrected chi connectivity index (χ4v) is 9.00. The maximum Gasteiger partial charge on any atom is 0.0482 e. The van der Waals surface area contributed by atoms with Crippen LogP contribution in [0.1, 0.15) is 0 Å². The molecule has 0 saturated carbocycles. The molecule has 1 heterocycles. The Balaban J connectivity index is 1.28. The van der Waals surface area contributed by atoms with Gasteiger partial charge in [0.05, 0.1) is 0 Å². The summed E-state index contributed by atoms with van der Waals surface area (Å²) in [5.74, 6) is 0. The highest BCUT2D eigenvalue weighted by Crippen LogP contribution is 2.50. The summed E-state index contributed by atoms with van der Waals surface area (Å²) < 4.78 is 2.62. The minimum atomic E-state index is 1.12. The molecule has 9 aromatic carbocycles. The number of benzene rings is 9. The van der Waals surface area contributed by atoms with E-state index in [1.54, 1.807) is 0 Å². The van der Waals surface area contributed by atoms with E-state index in [0.29, 0.717) is 0 Å². The molecular weight excluding hydrogens is 623 g/mol. The maximum absolute atomic E-state index is 2.42. The third kappa shape index (κ3) is 4.69. The van der Waals surface area contributed by atoms with E-state index in [1.807, 2.05) is 11.3 Å². The van der Waals surface area contributed by atoms with Gasteiger partial charge in [0.2, 0.25) is 0 Å². The first-order chi connectivity index (χ1) is 24.8. The summed E-state index contributed by atoms with van der Waals surface area (Å²) in [5.41, 5.74) is 8.28. The number of rotatable bonds is 5. The van der Waals surface area contributed by atoms with Gasteiger partial charge >= 0.3 is 0 Å². The van der Waals surface area contributed by atoms with Gasteiger partial charge in [-0.15, -0.1) is 11.3 Å². The largest absolute Gasteiger partial charge is 0.310 e. The molecule has 10 aromatic rings. The van der Waals surface area contributed by atoms with E-state index in [1.165, 1.54) is 74.7 Å². The van der Waals surface area contributed by atoms with Gasteiger partial charge in [0.25, 0.3) is 0 Å². The first kappa shape index (κ1) is 28.8. The highest BCUT2D eigenvalue weighted by Gasteiger charge is 2.21. The summed E-state index contributed by atoms with van der Waals surface area (Å²) in [6, 6.07) is 68.6. The second-order valence-corrected chi connectivity index (χ2v) is 14.0. The van der Waals surface area contributed by atoms with Gasteiger partial charge in [-0.3, -0.25) is 0 Å². The van der Waals surface area contributed by atoms with Crippen LogP contribution in [0.15, 0.2) is 188 Å². The quantitative estimate of drug-likeness (QED) is 0.167. The van der Waals surface area contributed by atoms with Crippen molar-refractivity contribution >= 4 is 80.9 Å². The van der Waals surface area contributed by atoms with Crippen molar-refractivity contribution in [2.24, 2.45) is 0 Å². The lowest BCUT2D eigenvalue weighted by Gasteiger charge is -2.27. The van der Waals surface area contributed by atoms with Crippen molar-refractivity contribution in [2.45, 2.75) is 0 Å². The smallest absolute Gasteiger partial charge is 0.0482 e. The summed E-state index contributed by atoms with van der Waals surface area (Å²) in [7, 11) is 0. The molecule has 0 spiro atoms. The minimum Gasteiger partial charge on any atom is -0.310 e. The van der Waals surface area contributed by atoms with E-state index in [0.717, 1.165) is 17.1 Å². The van der Waals surface area contributed by atoms with Crippen LogP contribution in [-0.4, -0.2) is 0 Å². The Morgan fingerprint density at radius 1 is 0.340 bits per heavy atom. The van der Waals surface area contributed by atoms with Gasteiger partial charge in [0, 0.05) is 42.6 Å². The monoisotopic (exact) mass is 653 g/mol. The minimum absolute atomic E-state index is 1.12. The van der Waals surface area contributed by atoms with Crippen LogP contribution in [0.2, 0.25) is 0 Å². The van der Waals surface area contributed by atoms with Crippen LogP contribution in [0.3, 0.4) is 0 Å². The van der Waals surface area contributed by atoms with Crippen LogP contribution in [0.25, 0.3) is 74.7 Å². The van der Waals surface area contributed by atoms with Crippen LogP contribution < -0.4 is 4.90 Å². The fraction of sp³-hybridized carbons (Fsp3) is 0. The molecule has 234 valence electrons. The Kier molecular flexibility index (Phi) is 6.75. The van der Waals surface area contributed by atoms with E-state index in [2.05, 4.69) is 193 Å². The van der Waals surface area contributed by atoms with Gasteiger partial charge in [0.1, 0.15) is 0 Å². The third-order valence-electron chi connectivity index (χ3n) is 10.0. The van der Waals surface area contributed by atoms with Crippen LogP contribution in [-0.2, 0) is 0 Å². The molecule has 50 heavy (non-hydrogen) atoms. The van der Waals surface area contributed by atoms with Crippen molar-refractivity contribution in [1.29, 1.82) is 0 Å². The predicted molar refractivity (Wildman–Crippen MR) is 217 cm³/mol. The molecule has 0 N–H and O–H groups in total. The third-order valence-corrected chi connectivity index (χ3v) is 11.2. The molecule has 0 aliphatic rings. The zero-order chi connectivity index (χ0) is 33.0. The Morgan fingerprint density at radius 2 is 0.900 bits per heavy atom. The van der Waals surface area contributed by atoms with E-state index >= 15 is 0 Å². The Labute approximate surface area is 294 Å². The van der Waals surface area contributed by atoms with Crippen LogP contribution in [0.4, 0.5) is 17.1 Å². The molecule has 0 aliphatic heterocycles. The van der Waals surface area contributed by atoms with E-state index in [4.69, 9.17) is 0 Å². The highest BCUT2D eigenvalue weighted by molar-refractivity contribution is 7.27. The summed E-state index contributed by atoms with van der Waals surface area (Å²) >= 11 is 1.91. The number of hydrogen-bond donors (Lipinski definition) is 0. The molecule has 10 rings (SSSR count).